The molecule has 3 N–H and O–H groups in total. The van der Waals surface area contributed by atoms with Crippen LogP contribution in [-0.2, 0) is 4.79 Å². The van der Waals surface area contributed by atoms with Gasteiger partial charge in [-0.05, 0) is 36.6 Å². The number of hydrogen-bond donors (Lipinski definition) is 2. The van der Waals surface area contributed by atoms with Gasteiger partial charge in [0.1, 0.15) is 5.00 Å². The van der Waals surface area contributed by atoms with Crippen LogP contribution in [0.4, 0.5) is 13.8 Å². The summed E-state index contributed by atoms with van der Waals surface area (Å²) in [7, 11) is 0. The smallest absolute Gasteiger partial charge is 0.251 e. The third kappa shape index (κ3) is 3.83. The van der Waals surface area contributed by atoms with Gasteiger partial charge in [-0.2, -0.15) is 0 Å². The number of thiophene rings is 1. The Morgan fingerprint density at radius 2 is 2.00 bits per heavy atom. The Morgan fingerprint density at radius 1 is 1.27 bits per heavy atom. The number of carbonyl (C=O) groups excluding carboxylic acids is 2. The van der Waals surface area contributed by atoms with Crippen molar-refractivity contribution in [1.82, 2.24) is 0 Å². The molecule has 0 fully saturated rings. The van der Waals surface area contributed by atoms with Gasteiger partial charge in [-0.1, -0.05) is 0 Å². The first-order valence-corrected chi connectivity index (χ1v) is 7.94. The lowest BCUT2D eigenvalue weighted by Crippen LogP contribution is -2.23. The van der Waals surface area contributed by atoms with Gasteiger partial charge in [0.05, 0.1) is 10.8 Å². The van der Waals surface area contributed by atoms with Gasteiger partial charge in [-0.25, -0.2) is 8.78 Å². The Labute approximate surface area is 133 Å². The second-order valence-corrected chi connectivity index (χ2v) is 6.68. The number of nitrogens with two attached hydrogens (primary N) is 1. The molecule has 0 aliphatic carbocycles. The number of amides is 2. The fraction of sp³-hybridized carbons (Fsp3) is 0.143. The van der Waals surface area contributed by atoms with E-state index in [9.17, 15) is 18.4 Å². The molecule has 0 aliphatic heterocycles. The van der Waals surface area contributed by atoms with Gasteiger partial charge in [0.2, 0.25) is 5.91 Å². The van der Waals surface area contributed by atoms with Gasteiger partial charge < -0.3 is 11.1 Å². The molecule has 116 valence electrons. The number of primary amides is 1. The van der Waals surface area contributed by atoms with Gasteiger partial charge >= 0.3 is 0 Å². The molecule has 1 atom stereocenters. The standard InChI is InChI=1S/C14H12F2N2O2S2/c1-7(22-8-2-3-10(15)11(16)6-8)13(20)18-14-9(12(17)19)4-5-21-14/h2-7H,1H3,(H2,17,19)(H,18,20)/t7-/m1/s1. The van der Waals surface area contributed by atoms with E-state index in [0.29, 0.717) is 9.90 Å². The minimum atomic E-state index is -0.966. The maximum absolute atomic E-state index is 13.1. The van der Waals surface area contributed by atoms with Gasteiger partial charge in [-0.3, -0.25) is 9.59 Å². The van der Waals surface area contributed by atoms with E-state index in [0.717, 1.165) is 23.9 Å². The van der Waals surface area contributed by atoms with Crippen LogP contribution in [-0.4, -0.2) is 17.1 Å². The summed E-state index contributed by atoms with van der Waals surface area (Å²) in [6, 6.07) is 4.96. The number of anilines is 1. The summed E-state index contributed by atoms with van der Waals surface area (Å²) in [4.78, 5) is 23.7. The lowest BCUT2D eigenvalue weighted by Gasteiger charge is -2.12. The maximum Gasteiger partial charge on any atom is 0.251 e. The Morgan fingerprint density at radius 3 is 2.64 bits per heavy atom. The van der Waals surface area contributed by atoms with E-state index in [2.05, 4.69) is 5.32 Å². The summed E-state index contributed by atoms with van der Waals surface area (Å²) in [6.07, 6.45) is 0. The van der Waals surface area contributed by atoms with Crippen molar-refractivity contribution >= 4 is 39.9 Å². The molecule has 0 radical (unpaired) electrons. The number of nitrogens with one attached hydrogen (secondary N) is 1. The molecule has 8 heteroatoms. The van der Waals surface area contributed by atoms with Crippen LogP contribution >= 0.6 is 23.1 Å². The van der Waals surface area contributed by atoms with Crippen molar-refractivity contribution in [3.8, 4) is 0 Å². The third-order valence-electron chi connectivity index (χ3n) is 2.74. The van der Waals surface area contributed by atoms with Crippen LogP contribution in [0.25, 0.3) is 0 Å². The first-order valence-electron chi connectivity index (χ1n) is 6.18. The highest BCUT2D eigenvalue weighted by Gasteiger charge is 2.18. The van der Waals surface area contributed by atoms with E-state index in [1.807, 2.05) is 0 Å². The van der Waals surface area contributed by atoms with Crippen LogP contribution in [0.15, 0.2) is 34.5 Å². The van der Waals surface area contributed by atoms with E-state index >= 15 is 0 Å². The van der Waals surface area contributed by atoms with Crippen molar-refractivity contribution in [2.45, 2.75) is 17.1 Å². The van der Waals surface area contributed by atoms with E-state index in [1.54, 1.807) is 12.3 Å². The van der Waals surface area contributed by atoms with Crippen LogP contribution < -0.4 is 11.1 Å². The van der Waals surface area contributed by atoms with Gasteiger partial charge in [0.25, 0.3) is 5.91 Å². The minimum Gasteiger partial charge on any atom is -0.366 e. The van der Waals surface area contributed by atoms with Crippen molar-refractivity contribution in [1.29, 1.82) is 0 Å². The molecule has 2 rings (SSSR count). The zero-order valence-corrected chi connectivity index (χ0v) is 13.1. The average molecular weight is 342 g/mol. The molecule has 4 nitrogen and oxygen atoms in total. The van der Waals surface area contributed by atoms with Gasteiger partial charge in [0, 0.05) is 4.90 Å². The quantitative estimate of drug-likeness (QED) is 0.819. The fourth-order valence-corrected chi connectivity index (χ4v) is 3.31. The predicted octanol–water partition coefficient (Wildman–Crippen LogP) is 3.24. The van der Waals surface area contributed by atoms with Crippen molar-refractivity contribution in [2.75, 3.05) is 5.32 Å². The normalized spacial score (nSPS) is 12.0. The zero-order valence-electron chi connectivity index (χ0n) is 11.4. The van der Waals surface area contributed by atoms with Crippen LogP contribution in [0.2, 0.25) is 0 Å². The average Bonchev–Trinajstić information content (AvgIpc) is 2.91. The predicted molar refractivity (Wildman–Crippen MR) is 83.1 cm³/mol. The summed E-state index contributed by atoms with van der Waals surface area (Å²) < 4.78 is 26.0. The molecule has 2 amide bonds. The number of benzene rings is 1. The van der Waals surface area contributed by atoms with Crippen molar-refractivity contribution in [3.63, 3.8) is 0 Å². The first kappa shape index (κ1) is 16.4. The second-order valence-electron chi connectivity index (χ2n) is 4.35. The summed E-state index contributed by atoms with van der Waals surface area (Å²) in [5.74, 6) is -2.89. The number of thioether (sulfide) groups is 1. The Bertz CT molecular complexity index is 719. The third-order valence-corrected chi connectivity index (χ3v) is 4.66. The molecule has 1 aromatic heterocycles. The molecule has 0 saturated carbocycles. The van der Waals surface area contributed by atoms with E-state index in [4.69, 9.17) is 5.73 Å². The summed E-state index contributed by atoms with van der Waals surface area (Å²) in [5.41, 5.74) is 5.44. The SMILES string of the molecule is C[C@@H](Sc1ccc(F)c(F)c1)C(=O)Nc1sccc1C(N)=O. The molecular formula is C14H12F2N2O2S2. The Balaban J connectivity index is 2.04. The lowest BCUT2D eigenvalue weighted by atomic mass is 10.3. The van der Waals surface area contributed by atoms with Gasteiger partial charge in [0.15, 0.2) is 11.6 Å². The number of rotatable bonds is 5. The Hall–Kier alpha value is -1.93. The van der Waals surface area contributed by atoms with Crippen molar-refractivity contribution < 1.29 is 18.4 Å². The lowest BCUT2D eigenvalue weighted by molar-refractivity contribution is -0.115. The molecular weight excluding hydrogens is 330 g/mol. The van der Waals surface area contributed by atoms with Crippen LogP contribution in [0.5, 0.6) is 0 Å². The van der Waals surface area contributed by atoms with Crippen LogP contribution in [0.1, 0.15) is 17.3 Å². The monoisotopic (exact) mass is 342 g/mol. The molecule has 1 heterocycles. The number of hydrogen-bond acceptors (Lipinski definition) is 4. The highest BCUT2D eigenvalue weighted by Crippen LogP contribution is 2.28. The van der Waals surface area contributed by atoms with Crippen LogP contribution in [0, 0.1) is 11.6 Å². The van der Waals surface area contributed by atoms with Crippen molar-refractivity contribution in [2.24, 2.45) is 5.73 Å². The zero-order chi connectivity index (χ0) is 16.3. The van der Waals surface area contributed by atoms with E-state index < -0.39 is 22.8 Å². The number of halogens is 2. The first-order chi connectivity index (χ1) is 10.4. The maximum atomic E-state index is 13.1. The van der Waals surface area contributed by atoms with Crippen molar-refractivity contribution in [3.05, 3.63) is 46.8 Å². The van der Waals surface area contributed by atoms with Crippen LogP contribution in [0.3, 0.4) is 0 Å². The highest BCUT2D eigenvalue weighted by molar-refractivity contribution is 8.00. The summed E-state index contributed by atoms with van der Waals surface area (Å²) >= 11 is 2.26. The molecule has 0 aliphatic rings. The Kier molecular flexibility index (Phi) is 5.15. The topological polar surface area (TPSA) is 72.2 Å². The molecule has 0 bridgehead atoms. The largest absolute Gasteiger partial charge is 0.366 e. The second kappa shape index (κ2) is 6.89. The number of carbonyl (C=O) groups is 2. The summed E-state index contributed by atoms with van der Waals surface area (Å²) in [5, 5.41) is 4.06. The fourth-order valence-electron chi connectivity index (χ4n) is 1.62. The molecule has 0 spiro atoms. The molecule has 1 aromatic carbocycles. The molecule has 22 heavy (non-hydrogen) atoms. The highest BCUT2D eigenvalue weighted by atomic mass is 32.2. The molecule has 2 aromatic rings. The van der Waals surface area contributed by atoms with E-state index in [1.165, 1.54) is 23.5 Å². The summed E-state index contributed by atoms with van der Waals surface area (Å²) in [6.45, 7) is 1.62. The van der Waals surface area contributed by atoms with E-state index in [-0.39, 0.29) is 11.5 Å². The van der Waals surface area contributed by atoms with Gasteiger partial charge in [-0.15, -0.1) is 23.1 Å². The minimum absolute atomic E-state index is 0.239. The molecule has 0 unspecified atom stereocenters. The molecule has 0 saturated heterocycles.